The molecule has 2 aromatic carbocycles. The van der Waals surface area contributed by atoms with Crippen molar-refractivity contribution in [2.24, 2.45) is 5.92 Å². The predicted molar refractivity (Wildman–Crippen MR) is 136 cm³/mol. The van der Waals surface area contributed by atoms with Gasteiger partial charge in [-0.2, -0.15) is 0 Å². The van der Waals surface area contributed by atoms with E-state index in [1.165, 1.54) is 37.9 Å². The molecule has 0 saturated carbocycles. The maximum absolute atomic E-state index is 12.7. The van der Waals surface area contributed by atoms with E-state index in [0.29, 0.717) is 25.1 Å². The number of nitrogens with one attached hydrogen (secondary N) is 1. The summed E-state index contributed by atoms with van der Waals surface area (Å²) in [6.07, 6.45) is 4.40. The van der Waals surface area contributed by atoms with Crippen molar-refractivity contribution >= 4 is 17.5 Å². The molecule has 6 heteroatoms. The third kappa shape index (κ3) is 5.79. The molecule has 2 fully saturated rings. The first-order valence-electron chi connectivity index (χ1n) is 12.4. The van der Waals surface area contributed by atoms with Crippen molar-refractivity contribution in [3.8, 4) is 5.75 Å². The molecule has 0 radical (unpaired) electrons. The van der Waals surface area contributed by atoms with E-state index in [-0.39, 0.29) is 23.1 Å². The minimum atomic E-state index is -0.131. The Balaban J connectivity index is 1.32. The number of methoxy groups -OCH3 is 1. The second kappa shape index (κ2) is 10.6. The molecule has 4 rings (SSSR count). The SMILES string of the molecule is COc1ccc(C(=O)NCC2CC(=O)N(c3ccc(C(C)(C)CN4CCCCC4)cc3)C2)cc1. The van der Waals surface area contributed by atoms with Gasteiger partial charge in [0.05, 0.1) is 7.11 Å². The van der Waals surface area contributed by atoms with E-state index in [4.69, 9.17) is 4.74 Å². The number of likely N-dealkylation sites (tertiary alicyclic amines) is 1. The minimum absolute atomic E-state index is 0.0686. The quantitative estimate of drug-likeness (QED) is 0.636. The van der Waals surface area contributed by atoms with Gasteiger partial charge in [-0.1, -0.05) is 32.4 Å². The van der Waals surface area contributed by atoms with Gasteiger partial charge >= 0.3 is 0 Å². The zero-order valence-corrected chi connectivity index (χ0v) is 20.7. The van der Waals surface area contributed by atoms with Crippen molar-refractivity contribution in [3.05, 3.63) is 59.7 Å². The molecule has 0 bridgehead atoms. The lowest BCUT2D eigenvalue weighted by atomic mass is 9.83. The molecular weight excluding hydrogens is 426 g/mol. The fourth-order valence-electron chi connectivity index (χ4n) is 5.11. The predicted octanol–water partition coefficient (Wildman–Crippen LogP) is 4.24. The maximum atomic E-state index is 12.7. The first-order valence-corrected chi connectivity index (χ1v) is 12.4. The van der Waals surface area contributed by atoms with Gasteiger partial charge in [0.1, 0.15) is 5.75 Å². The van der Waals surface area contributed by atoms with Crippen LogP contribution in [0.1, 0.15) is 55.5 Å². The van der Waals surface area contributed by atoms with E-state index >= 15 is 0 Å². The Morgan fingerprint density at radius 2 is 1.71 bits per heavy atom. The third-order valence-corrected chi connectivity index (χ3v) is 7.14. The molecule has 2 aliphatic heterocycles. The van der Waals surface area contributed by atoms with Gasteiger partial charge in [0.2, 0.25) is 5.91 Å². The van der Waals surface area contributed by atoms with Gasteiger partial charge in [-0.3, -0.25) is 9.59 Å². The molecule has 2 aliphatic rings. The van der Waals surface area contributed by atoms with Crippen LogP contribution in [0.15, 0.2) is 48.5 Å². The average molecular weight is 464 g/mol. The van der Waals surface area contributed by atoms with Crippen LogP contribution < -0.4 is 15.0 Å². The van der Waals surface area contributed by atoms with Crippen molar-refractivity contribution in [3.63, 3.8) is 0 Å². The first kappa shape index (κ1) is 24.3. The van der Waals surface area contributed by atoms with E-state index in [1.807, 2.05) is 4.90 Å². The number of hydrogen-bond donors (Lipinski definition) is 1. The Hall–Kier alpha value is -2.86. The summed E-state index contributed by atoms with van der Waals surface area (Å²) in [6, 6.07) is 15.5. The Kier molecular flexibility index (Phi) is 7.57. The van der Waals surface area contributed by atoms with Crippen LogP contribution in [0.25, 0.3) is 0 Å². The van der Waals surface area contributed by atoms with E-state index in [1.54, 1.807) is 31.4 Å². The van der Waals surface area contributed by atoms with Crippen molar-refractivity contribution in [2.75, 3.05) is 44.7 Å². The standard InChI is InChI=1S/C28H37N3O3/c1-28(2,20-30-15-5-4-6-16-30)23-9-11-24(12-10-23)31-19-21(17-26(31)32)18-29-27(33)22-7-13-25(34-3)14-8-22/h7-14,21H,4-6,15-20H2,1-3H3,(H,29,33). The average Bonchev–Trinajstić information content (AvgIpc) is 3.23. The van der Waals surface area contributed by atoms with Crippen molar-refractivity contribution < 1.29 is 14.3 Å². The van der Waals surface area contributed by atoms with Crippen LogP contribution in [0.5, 0.6) is 5.75 Å². The van der Waals surface area contributed by atoms with E-state index in [2.05, 4.69) is 48.3 Å². The smallest absolute Gasteiger partial charge is 0.251 e. The molecule has 2 heterocycles. The van der Waals surface area contributed by atoms with Crippen LogP contribution in [0.2, 0.25) is 0 Å². The number of piperidine rings is 1. The number of benzene rings is 2. The van der Waals surface area contributed by atoms with Crippen LogP contribution >= 0.6 is 0 Å². The molecule has 0 spiro atoms. The highest BCUT2D eigenvalue weighted by Crippen LogP contribution is 2.30. The molecule has 2 amide bonds. The first-order chi connectivity index (χ1) is 16.4. The molecule has 1 atom stereocenters. The van der Waals surface area contributed by atoms with Crippen LogP contribution in [-0.4, -0.2) is 56.5 Å². The Bertz CT molecular complexity index is 979. The van der Waals surface area contributed by atoms with Crippen LogP contribution in [0.4, 0.5) is 5.69 Å². The molecule has 2 saturated heterocycles. The van der Waals surface area contributed by atoms with Crippen molar-refractivity contribution in [2.45, 2.75) is 44.9 Å². The largest absolute Gasteiger partial charge is 0.497 e. The molecule has 1 N–H and O–H groups in total. The summed E-state index contributed by atoms with van der Waals surface area (Å²) < 4.78 is 5.14. The summed E-state index contributed by atoms with van der Waals surface area (Å²) in [7, 11) is 1.60. The minimum Gasteiger partial charge on any atom is -0.497 e. The maximum Gasteiger partial charge on any atom is 0.251 e. The van der Waals surface area contributed by atoms with E-state index in [9.17, 15) is 9.59 Å². The number of carbonyl (C=O) groups is 2. The second-order valence-electron chi connectivity index (χ2n) is 10.3. The van der Waals surface area contributed by atoms with Gasteiger partial charge in [-0.05, 0) is 67.9 Å². The van der Waals surface area contributed by atoms with Crippen molar-refractivity contribution in [1.29, 1.82) is 0 Å². The monoisotopic (exact) mass is 463 g/mol. The van der Waals surface area contributed by atoms with Gasteiger partial charge in [-0.15, -0.1) is 0 Å². The fraction of sp³-hybridized carbons (Fsp3) is 0.500. The zero-order valence-electron chi connectivity index (χ0n) is 20.7. The lowest BCUT2D eigenvalue weighted by Crippen LogP contribution is -2.40. The third-order valence-electron chi connectivity index (χ3n) is 7.14. The topological polar surface area (TPSA) is 61.9 Å². The van der Waals surface area contributed by atoms with Crippen LogP contribution in [0.3, 0.4) is 0 Å². The lowest BCUT2D eigenvalue weighted by molar-refractivity contribution is -0.117. The number of amides is 2. The summed E-state index contributed by atoms with van der Waals surface area (Å²) in [5.41, 5.74) is 2.90. The molecule has 2 aromatic rings. The number of hydrogen-bond acceptors (Lipinski definition) is 4. The number of rotatable bonds is 8. The Morgan fingerprint density at radius 1 is 1.03 bits per heavy atom. The Labute approximate surface area is 203 Å². The summed E-state index contributed by atoms with van der Waals surface area (Å²) in [6.45, 7) is 9.16. The zero-order chi connectivity index (χ0) is 24.1. The summed E-state index contributed by atoms with van der Waals surface area (Å²) >= 11 is 0. The van der Waals surface area contributed by atoms with Gasteiger partial charge in [-0.25, -0.2) is 0 Å². The summed E-state index contributed by atoms with van der Waals surface area (Å²) in [4.78, 5) is 29.6. The van der Waals surface area contributed by atoms with Crippen molar-refractivity contribution in [1.82, 2.24) is 10.2 Å². The summed E-state index contributed by atoms with van der Waals surface area (Å²) in [5.74, 6) is 0.803. The second-order valence-corrected chi connectivity index (χ2v) is 10.3. The highest BCUT2D eigenvalue weighted by molar-refractivity contribution is 5.96. The lowest BCUT2D eigenvalue weighted by Gasteiger charge is -2.35. The molecule has 0 aliphatic carbocycles. The number of anilines is 1. The fourth-order valence-corrected chi connectivity index (χ4v) is 5.11. The summed E-state index contributed by atoms with van der Waals surface area (Å²) in [5, 5.41) is 2.98. The van der Waals surface area contributed by atoms with Gasteiger partial charge in [0, 0.05) is 48.6 Å². The van der Waals surface area contributed by atoms with Crippen LogP contribution in [0, 0.1) is 5.92 Å². The highest BCUT2D eigenvalue weighted by atomic mass is 16.5. The number of nitrogens with zero attached hydrogens (tertiary/aromatic N) is 2. The molecule has 1 unspecified atom stereocenters. The molecular formula is C28H37N3O3. The number of ether oxygens (including phenoxy) is 1. The number of carbonyl (C=O) groups excluding carboxylic acids is 2. The van der Waals surface area contributed by atoms with Gasteiger partial charge < -0.3 is 19.9 Å². The van der Waals surface area contributed by atoms with Crippen LogP contribution in [-0.2, 0) is 10.2 Å². The molecule has 182 valence electrons. The van der Waals surface area contributed by atoms with Gasteiger partial charge in [0.25, 0.3) is 5.91 Å². The normalized spacial score (nSPS) is 19.3. The molecule has 0 aromatic heterocycles. The van der Waals surface area contributed by atoms with Gasteiger partial charge in [0.15, 0.2) is 0 Å². The molecule has 34 heavy (non-hydrogen) atoms. The highest BCUT2D eigenvalue weighted by Gasteiger charge is 2.31. The Morgan fingerprint density at radius 3 is 2.35 bits per heavy atom. The van der Waals surface area contributed by atoms with E-state index in [0.717, 1.165) is 18.0 Å². The van der Waals surface area contributed by atoms with E-state index < -0.39 is 0 Å². The molecule has 6 nitrogen and oxygen atoms in total.